The minimum Gasteiger partial charge on any atom is -0.508 e. The Morgan fingerprint density at radius 3 is 2.41 bits per heavy atom. The summed E-state index contributed by atoms with van der Waals surface area (Å²) in [6.45, 7) is 5.85. The molecular formula is C21H32N4O4. The van der Waals surface area contributed by atoms with Gasteiger partial charge in [-0.05, 0) is 63.8 Å². The van der Waals surface area contributed by atoms with Crippen LogP contribution in [0.15, 0.2) is 29.3 Å². The number of guanidine groups is 1. The maximum absolute atomic E-state index is 12.1. The highest BCUT2D eigenvalue weighted by atomic mass is 16.5. The third kappa shape index (κ3) is 7.63. The van der Waals surface area contributed by atoms with Crippen molar-refractivity contribution >= 4 is 17.8 Å². The fourth-order valence-corrected chi connectivity index (χ4v) is 3.30. The maximum atomic E-state index is 12.1. The number of rotatable bonds is 8. The van der Waals surface area contributed by atoms with Crippen LogP contribution in [0.2, 0.25) is 0 Å². The summed E-state index contributed by atoms with van der Waals surface area (Å²) in [5.41, 5.74) is 0.496. The van der Waals surface area contributed by atoms with Gasteiger partial charge >= 0.3 is 5.97 Å². The summed E-state index contributed by atoms with van der Waals surface area (Å²) >= 11 is 0. The number of carbonyl (C=O) groups is 2. The van der Waals surface area contributed by atoms with Crippen molar-refractivity contribution in [2.45, 2.75) is 45.6 Å². The molecule has 29 heavy (non-hydrogen) atoms. The summed E-state index contributed by atoms with van der Waals surface area (Å²) in [5.74, 6) is 0.559. The number of phenols is 1. The van der Waals surface area contributed by atoms with E-state index in [0.717, 1.165) is 32.2 Å². The fraction of sp³-hybridized carbons (Fsp3) is 0.571. The van der Waals surface area contributed by atoms with Gasteiger partial charge in [-0.15, -0.1) is 0 Å². The number of nitrogens with zero attached hydrogens (tertiary/aromatic N) is 1. The van der Waals surface area contributed by atoms with E-state index in [-0.39, 0.29) is 29.6 Å². The average Bonchev–Trinajstić information content (AvgIpc) is 2.72. The molecule has 0 radical (unpaired) electrons. The van der Waals surface area contributed by atoms with Crippen LogP contribution in [0.3, 0.4) is 0 Å². The molecule has 1 saturated carbocycles. The topological polar surface area (TPSA) is 112 Å². The van der Waals surface area contributed by atoms with Crippen LogP contribution < -0.4 is 16.0 Å². The SMILES string of the molecule is CCNC(=NCCNC(=O)c1ccc(O)cc1)NC1CCC(C(=O)OCC)CC1. The van der Waals surface area contributed by atoms with Crippen LogP contribution in [0.25, 0.3) is 0 Å². The third-order valence-electron chi connectivity index (χ3n) is 4.83. The molecule has 1 amide bonds. The number of benzene rings is 1. The van der Waals surface area contributed by atoms with E-state index in [0.29, 0.717) is 31.2 Å². The number of carbonyl (C=O) groups excluding carboxylic acids is 2. The smallest absolute Gasteiger partial charge is 0.308 e. The molecule has 8 nitrogen and oxygen atoms in total. The lowest BCUT2D eigenvalue weighted by Crippen LogP contribution is -2.45. The van der Waals surface area contributed by atoms with Gasteiger partial charge in [0.05, 0.1) is 19.1 Å². The van der Waals surface area contributed by atoms with Crippen LogP contribution in [0.1, 0.15) is 49.9 Å². The van der Waals surface area contributed by atoms with E-state index in [1.54, 1.807) is 12.1 Å². The standard InChI is InChI=1S/C21H32N4O4/c1-3-22-21(25-17-9-5-16(6-10-17)20(28)29-4-2)24-14-13-23-19(27)15-7-11-18(26)12-8-15/h7-8,11-12,16-17,26H,3-6,9-10,13-14H2,1-2H3,(H,23,27)(H2,22,24,25). The lowest BCUT2D eigenvalue weighted by atomic mass is 9.86. The van der Waals surface area contributed by atoms with Gasteiger partial charge in [-0.25, -0.2) is 0 Å². The van der Waals surface area contributed by atoms with Gasteiger partial charge in [-0.3, -0.25) is 14.6 Å². The van der Waals surface area contributed by atoms with Crippen molar-refractivity contribution in [1.82, 2.24) is 16.0 Å². The highest BCUT2D eigenvalue weighted by Crippen LogP contribution is 2.25. The number of nitrogens with one attached hydrogen (secondary N) is 3. The van der Waals surface area contributed by atoms with E-state index in [9.17, 15) is 14.7 Å². The lowest BCUT2D eigenvalue weighted by Gasteiger charge is -2.29. The molecule has 1 aromatic rings. The Kier molecular flexibility index (Phi) is 9.27. The summed E-state index contributed by atoms with van der Waals surface area (Å²) in [6, 6.07) is 6.39. The van der Waals surface area contributed by atoms with Gasteiger partial charge in [0.25, 0.3) is 5.91 Å². The number of hydrogen-bond donors (Lipinski definition) is 4. The Morgan fingerprint density at radius 2 is 1.79 bits per heavy atom. The zero-order valence-electron chi connectivity index (χ0n) is 17.2. The zero-order chi connectivity index (χ0) is 21.1. The summed E-state index contributed by atoms with van der Waals surface area (Å²) in [5, 5.41) is 18.7. The fourth-order valence-electron chi connectivity index (χ4n) is 3.30. The van der Waals surface area contributed by atoms with Crippen LogP contribution in [0, 0.1) is 5.92 Å². The maximum Gasteiger partial charge on any atom is 0.308 e. The second-order valence-electron chi connectivity index (χ2n) is 7.01. The Hall–Kier alpha value is -2.77. The molecule has 0 heterocycles. The first-order valence-corrected chi connectivity index (χ1v) is 10.3. The zero-order valence-corrected chi connectivity index (χ0v) is 17.2. The van der Waals surface area contributed by atoms with E-state index < -0.39 is 0 Å². The van der Waals surface area contributed by atoms with Crippen LogP contribution in [0.4, 0.5) is 0 Å². The van der Waals surface area contributed by atoms with Gasteiger partial charge in [0.1, 0.15) is 5.75 Å². The van der Waals surface area contributed by atoms with Gasteiger partial charge in [0.2, 0.25) is 0 Å². The van der Waals surface area contributed by atoms with Crippen molar-refractivity contribution in [3.63, 3.8) is 0 Å². The summed E-state index contributed by atoms with van der Waals surface area (Å²) in [7, 11) is 0. The summed E-state index contributed by atoms with van der Waals surface area (Å²) in [4.78, 5) is 28.4. The van der Waals surface area contributed by atoms with Gasteiger partial charge in [0, 0.05) is 24.7 Å². The Morgan fingerprint density at radius 1 is 1.10 bits per heavy atom. The first kappa shape index (κ1) is 22.5. The summed E-state index contributed by atoms with van der Waals surface area (Å²) < 4.78 is 5.12. The Bertz CT molecular complexity index is 682. The van der Waals surface area contributed by atoms with Gasteiger partial charge in [-0.1, -0.05) is 0 Å². The average molecular weight is 405 g/mol. The van der Waals surface area contributed by atoms with Gasteiger partial charge in [-0.2, -0.15) is 0 Å². The number of amides is 1. The molecule has 0 bridgehead atoms. The molecular weight excluding hydrogens is 372 g/mol. The number of aliphatic imine (C=N–C) groups is 1. The molecule has 1 aliphatic carbocycles. The molecule has 1 aromatic carbocycles. The van der Waals surface area contributed by atoms with E-state index in [1.807, 2.05) is 13.8 Å². The lowest BCUT2D eigenvalue weighted by molar-refractivity contribution is -0.149. The van der Waals surface area contributed by atoms with Crippen molar-refractivity contribution in [2.24, 2.45) is 10.9 Å². The predicted octanol–water partition coefficient (Wildman–Crippen LogP) is 1.80. The second-order valence-corrected chi connectivity index (χ2v) is 7.01. The molecule has 0 aromatic heterocycles. The number of hydrogen-bond acceptors (Lipinski definition) is 5. The van der Waals surface area contributed by atoms with Crippen molar-refractivity contribution in [3.05, 3.63) is 29.8 Å². The van der Waals surface area contributed by atoms with Crippen molar-refractivity contribution in [3.8, 4) is 5.75 Å². The number of aromatic hydroxyl groups is 1. The molecule has 0 aliphatic heterocycles. The molecule has 0 spiro atoms. The number of esters is 1. The normalized spacial score (nSPS) is 19.3. The molecule has 2 rings (SSSR count). The molecule has 160 valence electrons. The number of phenolic OH excluding ortho intramolecular Hbond substituents is 1. The van der Waals surface area contributed by atoms with Crippen molar-refractivity contribution in [2.75, 3.05) is 26.2 Å². The largest absolute Gasteiger partial charge is 0.508 e. The van der Waals surface area contributed by atoms with E-state index in [2.05, 4.69) is 20.9 Å². The minimum atomic E-state index is -0.199. The predicted molar refractivity (Wildman–Crippen MR) is 112 cm³/mol. The second kappa shape index (κ2) is 11.9. The molecule has 1 fully saturated rings. The van der Waals surface area contributed by atoms with Crippen LogP contribution in [-0.2, 0) is 9.53 Å². The molecule has 0 atom stereocenters. The Balaban J connectivity index is 1.75. The molecule has 8 heteroatoms. The van der Waals surface area contributed by atoms with Crippen molar-refractivity contribution in [1.29, 1.82) is 0 Å². The molecule has 0 saturated heterocycles. The molecule has 0 unspecified atom stereocenters. The van der Waals surface area contributed by atoms with Gasteiger partial charge in [0.15, 0.2) is 5.96 Å². The molecule has 4 N–H and O–H groups in total. The minimum absolute atomic E-state index is 0.00244. The first-order valence-electron chi connectivity index (χ1n) is 10.3. The van der Waals surface area contributed by atoms with Crippen LogP contribution in [0.5, 0.6) is 5.75 Å². The van der Waals surface area contributed by atoms with Crippen LogP contribution >= 0.6 is 0 Å². The number of ether oxygens (including phenoxy) is 1. The van der Waals surface area contributed by atoms with E-state index >= 15 is 0 Å². The van der Waals surface area contributed by atoms with E-state index in [4.69, 9.17) is 4.74 Å². The third-order valence-corrected chi connectivity index (χ3v) is 4.83. The summed E-state index contributed by atoms with van der Waals surface area (Å²) in [6.07, 6.45) is 3.42. The Labute approximate surface area is 172 Å². The quantitative estimate of drug-likeness (QED) is 0.228. The first-order chi connectivity index (χ1) is 14.0. The van der Waals surface area contributed by atoms with Crippen LogP contribution in [-0.4, -0.2) is 55.2 Å². The van der Waals surface area contributed by atoms with Crippen molar-refractivity contribution < 1.29 is 19.4 Å². The monoisotopic (exact) mass is 404 g/mol. The highest BCUT2D eigenvalue weighted by Gasteiger charge is 2.27. The van der Waals surface area contributed by atoms with Gasteiger partial charge < -0.3 is 25.8 Å². The van der Waals surface area contributed by atoms with E-state index in [1.165, 1.54) is 12.1 Å². The highest BCUT2D eigenvalue weighted by molar-refractivity contribution is 5.94. The molecule has 1 aliphatic rings.